The van der Waals surface area contributed by atoms with Gasteiger partial charge in [0.15, 0.2) is 5.84 Å². The SMILES string of the molecule is O=C(Oc1ccccc1CN(C1=NS(=O)(=O)c2ccccc21)c1ccc2c3c(cccc13)CC2)c1ccc(F)cc1. The zero-order valence-corrected chi connectivity index (χ0v) is 22.6. The number of para-hydroxylation sites is 1. The number of amidine groups is 1. The summed E-state index contributed by atoms with van der Waals surface area (Å²) < 4.78 is 49.7. The van der Waals surface area contributed by atoms with Gasteiger partial charge in [0, 0.05) is 16.5 Å². The molecule has 1 aliphatic carbocycles. The van der Waals surface area contributed by atoms with Crippen molar-refractivity contribution in [3.63, 3.8) is 0 Å². The third-order valence-corrected chi connectivity index (χ3v) is 8.92. The molecule has 0 radical (unpaired) electrons. The quantitative estimate of drug-likeness (QED) is 0.182. The van der Waals surface area contributed by atoms with Crippen LogP contribution in [-0.2, 0) is 29.4 Å². The van der Waals surface area contributed by atoms with Gasteiger partial charge in [0.25, 0.3) is 10.0 Å². The van der Waals surface area contributed by atoms with Crippen LogP contribution in [0.15, 0.2) is 112 Å². The zero-order valence-electron chi connectivity index (χ0n) is 21.7. The highest BCUT2D eigenvalue weighted by Gasteiger charge is 2.34. The number of hydrogen-bond donors (Lipinski definition) is 0. The summed E-state index contributed by atoms with van der Waals surface area (Å²) in [5.74, 6) is -0.456. The number of esters is 1. The Balaban J connectivity index is 1.36. The van der Waals surface area contributed by atoms with Gasteiger partial charge in [-0.25, -0.2) is 9.18 Å². The fourth-order valence-corrected chi connectivity index (χ4v) is 6.88. The standard InChI is InChI=1S/C33H23FN2O4S/c34-25-17-14-23(15-18-25)33(37)40-29-10-3-1-6-24(29)20-36(32-27-8-2-4-11-30(27)41(38,39)35-32)28-19-16-22-13-12-21-7-5-9-26(28)31(21)22/h1-11,14-19H,12-13,20H2. The lowest BCUT2D eigenvalue weighted by molar-refractivity contribution is 0.0733. The van der Waals surface area contributed by atoms with Crippen LogP contribution < -0.4 is 9.64 Å². The van der Waals surface area contributed by atoms with Gasteiger partial charge in [0.1, 0.15) is 16.5 Å². The molecule has 0 amide bonds. The molecule has 5 aromatic rings. The third-order valence-electron chi connectivity index (χ3n) is 7.60. The molecule has 8 heteroatoms. The number of halogens is 1. The van der Waals surface area contributed by atoms with Crippen molar-refractivity contribution in [2.24, 2.45) is 4.40 Å². The Labute approximate surface area is 236 Å². The van der Waals surface area contributed by atoms with Crippen molar-refractivity contribution in [3.05, 3.63) is 137 Å². The van der Waals surface area contributed by atoms with E-state index < -0.39 is 21.8 Å². The van der Waals surface area contributed by atoms with Crippen molar-refractivity contribution in [3.8, 4) is 5.75 Å². The van der Waals surface area contributed by atoms with Crippen LogP contribution in [0.2, 0.25) is 0 Å². The van der Waals surface area contributed by atoms with Gasteiger partial charge in [-0.1, -0.05) is 54.6 Å². The molecular formula is C33H23FN2O4S. The second-order valence-corrected chi connectivity index (χ2v) is 11.6. The van der Waals surface area contributed by atoms with Crippen LogP contribution in [0.1, 0.15) is 32.6 Å². The fraction of sp³-hybridized carbons (Fsp3) is 0.0909. The molecule has 0 saturated carbocycles. The molecule has 0 bridgehead atoms. The molecule has 0 aromatic heterocycles. The molecule has 0 unspecified atom stereocenters. The molecule has 0 atom stereocenters. The van der Waals surface area contributed by atoms with Crippen LogP contribution >= 0.6 is 0 Å². The van der Waals surface area contributed by atoms with Gasteiger partial charge < -0.3 is 9.64 Å². The normalized spacial score (nSPS) is 14.5. The zero-order chi connectivity index (χ0) is 28.1. The number of carbonyl (C=O) groups is 1. The number of sulfonamides is 1. The minimum Gasteiger partial charge on any atom is -0.423 e. The lowest BCUT2D eigenvalue weighted by atomic mass is 10.0. The average molecular weight is 563 g/mol. The van der Waals surface area contributed by atoms with Crippen LogP contribution in [0, 0.1) is 5.82 Å². The van der Waals surface area contributed by atoms with Crippen molar-refractivity contribution < 1.29 is 22.3 Å². The van der Waals surface area contributed by atoms with Crippen molar-refractivity contribution in [2.45, 2.75) is 24.3 Å². The van der Waals surface area contributed by atoms with Gasteiger partial charge in [0.2, 0.25) is 0 Å². The number of ether oxygens (including phenoxy) is 1. The van der Waals surface area contributed by atoms with E-state index in [1.165, 1.54) is 40.8 Å². The van der Waals surface area contributed by atoms with E-state index in [0.717, 1.165) is 23.9 Å². The highest BCUT2D eigenvalue weighted by Crippen LogP contribution is 2.40. The highest BCUT2D eigenvalue weighted by atomic mass is 32.2. The molecule has 7 rings (SSSR count). The Kier molecular flexibility index (Phi) is 5.94. The largest absolute Gasteiger partial charge is 0.423 e. The predicted molar refractivity (Wildman–Crippen MR) is 156 cm³/mol. The van der Waals surface area contributed by atoms with Crippen LogP contribution in [0.3, 0.4) is 0 Å². The number of carbonyl (C=O) groups excluding carboxylic acids is 1. The molecule has 41 heavy (non-hydrogen) atoms. The van der Waals surface area contributed by atoms with Crippen molar-refractivity contribution >= 4 is 38.3 Å². The van der Waals surface area contributed by atoms with Gasteiger partial charge in [-0.15, -0.1) is 4.40 Å². The molecule has 6 nitrogen and oxygen atoms in total. The minimum absolute atomic E-state index is 0.155. The summed E-state index contributed by atoms with van der Waals surface area (Å²) in [6, 6.07) is 29.3. The lowest BCUT2D eigenvalue weighted by Gasteiger charge is -2.27. The number of rotatable bonds is 5. The maximum Gasteiger partial charge on any atom is 0.343 e. The third kappa shape index (κ3) is 4.37. The Morgan fingerprint density at radius 1 is 0.829 bits per heavy atom. The molecule has 0 N–H and O–H groups in total. The van der Waals surface area contributed by atoms with Crippen LogP contribution in [0.25, 0.3) is 10.8 Å². The number of anilines is 1. The average Bonchev–Trinajstić information content (AvgIpc) is 3.52. The Morgan fingerprint density at radius 2 is 1.56 bits per heavy atom. The number of fused-ring (bicyclic) bond motifs is 1. The first-order valence-corrected chi connectivity index (χ1v) is 14.6. The summed E-state index contributed by atoms with van der Waals surface area (Å²) >= 11 is 0. The molecule has 2 aliphatic rings. The highest BCUT2D eigenvalue weighted by molar-refractivity contribution is 7.90. The van der Waals surface area contributed by atoms with Gasteiger partial charge in [-0.3, -0.25) is 0 Å². The second kappa shape index (κ2) is 9.67. The lowest BCUT2D eigenvalue weighted by Crippen LogP contribution is -2.31. The number of aryl methyl sites for hydroxylation is 2. The summed E-state index contributed by atoms with van der Waals surface area (Å²) in [5.41, 5.74) is 4.69. The monoisotopic (exact) mass is 562 g/mol. The van der Waals surface area contributed by atoms with Gasteiger partial charge in [0.05, 0.1) is 17.8 Å². The van der Waals surface area contributed by atoms with Gasteiger partial charge in [-0.2, -0.15) is 8.42 Å². The van der Waals surface area contributed by atoms with E-state index in [0.29, 0.717) is 22.7 Å². The topological polar surface area (TPSA) is 76.0 Å². The van der Waals surface area contributed by atoms with Crippen LogP contribution in [-0.4, -0.2) is 20.2 Å². The van der Waals surface area contributed by atoms with E-state index in [1.54, 1.807) is 36.4 Å². The fourth-order valence-electron chi connectivity index (χ4n) is 5.67. The second-order valence-electron chi connectivity index (χ2n) is 10.1. The van der Waals surface area contributed by atoms with E-state index in [9.17, 15) is 17.6 Å². The summed E-state index contributed by atoms with van der Waals surface area (Å²) in [5, 5.41) is 2.18. The molecule has 1 heterocycles. The Morgan fingerprint density at radius 3 is 2.39 bits per heavy atom. The van der Waals surface area contributed by atoms with Crippen molar-refractivity contribution in [2.75, 3.05) is 4.90 Å². The Hall–Kier alpha value is -4.82. The molecule has 1 aliphatic heterocycles. The van der Waals surface area contributed by atoms with Gasteiger partial charge in [-0.05, 0) is 77.9 Å². The molecule has 202 valence electrons. The maximum atomic E-state index is 13.4. The first-order chi connectivity index (χ1) is 19.9. The van der Waals surface area contributed by atoms with E-state index in [-0.39, 0.29) is 17.0 Å². The molecule has 0 fully saturated rings. The Bertz CT molecular complexity index is 1990. The van der Waals surface area contributed by atoms with Crippen molar-refractivity contribution in [1.82, 2.24) is 0 Å². The summed E-state index contributed by atoms with van der Waals surface area (Å²) in [6.07, 6.45) is 1.91. The number of benzene rings is 5. The first-order valence-electron chi connectivity index (χ1n) is 13.2. The molecule has 0 spiro atoms. The molecule has 0 saturated heterocycles. The number of nitrogens with zero attached hydrogens (tertiary/aromatic N) is 2. The summed E-state index contributed by atoms with van der Waals surface area (Å²) in [7, 11) is -3.90. The van der Waals surface area contributed by atoms with Gasteiger partial charge >= 0.3 is 5.97 Å². The van der Waals surface area contributed by atoms with E-state index >= 15 is 0 Å². The number of hydrogen-bond acceptors (Lipinski definition) is 5. The van der Waals surface area contributed by atoms with E-state index in [1.807, 2.05) is 35.2 Å². The van der Waals surface area contributed by atoms with Crippen LogP contribution in [0.4, 0.5) is 10.1 Å². The van der Waals surface area contributed by atoms with Crippen molar-refractivity contribution in [1.29, 1.82) is 0 Å². The smallest absolute Gasteiger partial charge is 0.343 e. The van der Waals surface area contributed by atoms with E-state index in [4.69, 9.17) is 4.74 Å². The summed E-state index contributed by atoms with van der Waals surface area (Å²) in [4.78, 5) is 15.0. The first kappa shape index (κ1) is 25.2. The molecular weight excluding hydrogens is 539 g/mol. The predicted octanol–water partition coefficient (Wildman–Crippen LogP) is 6.45. The summed E-state index contributed by atoms with van der Waals surface area (Å²) in [6.45, 7) is 0.175. The maximum absolute atomic E-state index is 13.4. The molecule has 5 aromatic carbocycles. The van der Waals surface area contributed by atoms with E-state index in [2.05, 4.69) is 16.5 Å². The minimum atomic E-state index is -3.90. The van der Waals surface area contributed by atoms with Crippen LogP contribution in [0.5, 0.6) is 5.75 Å².